The summed E-state index contributed by atoms with van der Waals surface area (Å²) >= 11 is 0. The van der Waals surface area contributed by atoms with Crippen LogP contribution in [-0.2, 0) is 0 Å². The van der Waals surface area contributed by atoms with Crippen molar-refractivity contribution in [3.8, 4) is 5.75 Å². The molecule has 1 amide bonds. The van der Waals surface area contributed by atoms with Crippen LogP contribution in [0.2, 0.25) is 0 Å². The van der Waals surface area contributed by atoms with Crippen LogP contribution in [0.3, 0.4) is 0 Å². The summed E-state index contributed by atoms with van der Waals surface area (Å²) in [6.07, 6.45) is 0. The monoisotopic (exact) mass is 296 g/mol. The summed E-state index contributed by atoms with van der Waals surface area (Å²) in [7, 11) is 0. The van der Waals surface area contributed by atoms with Gasteiger partial charge in [0.2, 0.25) is 0 Å². The summed E-state index contributed by atoms with van der Waals surface area (Å²) in [6, 6.07) is 8.93. The Balaban J connectivity index is 2.07. The first kappa shape index (κ1) is 14.7. The van der Waals surface area contributed by atoms with Crippen LogP contribution in [0.5, 0.6) is 5.75 Å². The van der Waals surface area contributed by atoms with Crippen LogP contribution in [-0.4, -0.2) is 12.5 Å². The second-order valence-electron chi connectivity index (χ2n) is 4.09. The fourth-order valence-corrected chi connectivity index (χ4v) is 1.61. The molecular weight excluding hydrogens is 285 g/mol. The molecule has 0 aliphatic carbocycles. The third-order valence-corrected chi connectivity index (χ3v) is 2.60. The molecule has 0 saturated carbocycles. The van der Waals surface area contributed by atoms with E-state index in [-0.39, 0.29) is 17.0 Å². The van der Waals surface area contributed by atoms with Gasteiger partial charge in [-0.25, -0.2) is 4.39 Å². The first-order chi connectivity index (χ1) is 9.95. The van der Waals surface area contributed by atoms with Crippen LogP contribution in [0, 0.1) is 5.82 Å². The van der Waals surface area contributed by atoms with Gasteiger partial charge < -0.3 is 15.8 Å². The molecule has 0 bridgehead atoms. The third kappa shape index (κ3) is 3.88. The number of nitrogen functional groups attached to an aromatic ring is 1. The van der Waals surface area contributed by atoms with E-state index in [1.165, 1.54) is 36.4 Å². The first-order valence-corrected chi connectivity index (χ1v) is 5.87. The maximum atomic E-state index is 13.0. The number of amides is 1. The van der Waals surface area contributed by atoms with Crippen LogP contribution in [0.1, 0.15) is 10.4 Å². The number of rotatable bonds is 4. The molecule has 0 atom stereocenters. The fraction of sp³-hybridized carbons (Fsp3) is 0.0714. The molecule has 0 aliphatic heterocycles. The second-order valence-corrected chi connectivity index (χ2v) is 4.09. The molecule has 2 rings (SSSR count). The summed E-state index contributed by atoms with van der Waals surface area (Å²) in [4.78, 5) is 11.9. The van der Waals surface area contributed by atoms with Gasteiger partial charge in [0.1, 0.15) is 11.6 Å². The van der Waals surface area contributed by atoms with Crippen molar-refractivity contribution >= 4 is 17.3 Å². The van der Waals surface area contributed by atoms with Crippen molar-refractivity contribution in [1.29, 1.82) is 0 Å². The van der Waals surface area contributed by atoms with Gasteiger partial charge in [-0.05, 0) is 42.5 Å². The van der Waals surface area contributed by atoms with Crippen molar-refractivity contribution in [2.24, 2.45) is 0 Å². The highest BCUT2D eigenvalue weighted by Crippen LogP contribution is 2.19. The van der Waals surface area contributed by atoms with Gasteiger partial charge in [0.15, 0.2) is 0 Å². The Bertz CT molecular complexity index is 645. The van der Waals surface area contributed by atoms with E-state index in [0.717, 1.165) is 6.07 Å². The number of hydrogen-bond donors (Lipinski definition) is 2. The van der Waals surface area contributed by atoms with Gasteiger partial charge in [-0.15, -0.1) is 0 Å². The minimum absolute atomic E-state index is 0.0485. The van der Waals surface area contributed by atoms with Crippen LogP contribution in [0.25, 0.3) is 0 Å². The van der Waals surface area contributed by atoms with Crippen LogP contribution in [0.15, 0.2) is 42.5 Å². The molecule has 110 valence electrons. The molecule has 4 nitrogen and oxygen atoms in total. The Hall–Kier alpha value is -2.70. The Morgan fingerprint density at radius 3 is 2.38 bits per heavy atom. The lowest BCUT2D eigenvalue weighted by atomic mass is 10.2. The summed E-state index contributed by atoms with van der Waals surface area (Å²) in [5.41, 5.74) is 5.86. The number of nitrogens with one attached hydrogen (secondary N) is 1. The third-order valence-electron chi connectivity index (χ3n) is 2.60. The Kier molecular flexibility index (Phi) is 4.32. The van der Waals surface area contributed by atoms with Gasteiger partial charge >= 0.3 is 6.61 Å². The summed E-state index contributed by atoms with van der Waals surface area (Å²) < 4.78 is 41.2. The largest absolute Gasteiger partial charge is 0.435 e. The van der Waals surface area contributed by atoms with E-state index in [0.29, 0.717) is 5.69 Å². The molecular formula is C14H11F3N2O2. The van der Waals surface area contributed by atoms with E-state index in [9.17, 15) is 18.0 Å². The van der Waals surface area contributed by atoms with Crippen LogP contribution >= 0.6 is 0 Å². The SMILES string of the molecule is Nc1cc(NC(=O)c2ccc(OC(F)F)cc2)ccc1F. The smallest absolute Gasteiger partial charge is 0.387 e. The van der Waals surface area contributed by atoms with E-state index in [1.54, 1.807) is 0 Å². The minimum Gasteiger partial charge on any atom is -0.435 e. The van der Waals surface area contributed by atoms with Crippen molar-refractivity contribution in [3.63, 3.8) is 0 Å². The number of ether oxygens (including phenoxy) is 1. The van der Waals surface area contributed by atoms with Gasteiger partial charge in [0.25, 0.3) is 5.91 Å². The van der Waals surface area contributed by atoms with Crippen molar-refractivity contribution in [3.05, 3.63) is 53.8 Å². The summed E-state index contributed by atoms with van der Waals surface area (Å²) in [5, 5.41) is 2.51. The van der Waals surface area contributed by atoms with Gasteiger partial charge in [-0.1, -0.05) is 0 Å². The second kappa shape index (κ2) is 6.17. The topological polar surface area (TPSA) is 64.3 Å². The predicted octanol–water partition coefficient (Wildman–Crippen LogP) is 3.26. The number of hydrogen-bond acceptors (Lipinski definition) is 3. The standard InChI is InChI=1S/C14H11F3N2O2/c15-11-6-3-9(7-12(11)18)19-13(20)8-1-4-10(5-2-8)21-14(16)17/h1-7,14H,18H2,(H,19,20). The van der Waals surface area contributed by atoms with E-state index >= 15 is 0 Å². The molecule has 0 aliphatic rings. The van der Waals surface area contributed by atoms with Gasteiger partial charge in [-0.3, -0.25) is 4.79 Å². The zero-order valence-corrected chi connectivity index (χ0v) is 10.6. The molecule has 7 heteroatoms. The number of halogens is 3. The van der Waals surface area contributed by atoms with E-state index in [2.05, 4.69) is 10.1 Å². The molecule has 2 aromatic carbocycles. The lowest BCUT2D eigenvalue weighted by Gasteiger charge is -2.08. The van der Waals surface area contributed by atoms with E-state index in [1.807, 2.05) is 0 Å². The van der Waals surface area contributed by atoms with E-state index < -0.39 is 18.3 Å². The lowest BCUT2D eigenvalue weighted by molar-refractivity contribution is -0.0498. The molecule has 0 fully saturated rings. The number of benzene rings is 2. The summed E-state index contributed by atoms with van der Waals surface area (Å²) in [5.74, 6) is -1.11. The van der Waals surface area contributed by atoms with Gasteiger partial charge in [-0.2, -0.15) is 8.78 Å². The molecule has 0 saturated heterocycles. The van der Waals surface area contributed by atoms with Gasteiger partial charge in [0, 0.05) is 11.3 Å². The molecule has 0 radical (unpaired) electrons. The molecule has 2 aromatic rings. The van der Waals surface area contributed by atoms with Crippen molar-refractivity contribution in [1.82, 2.24) is 0 Å². The van der Waals surface area contributed by atoms with Gasteiger partial charge in [0.05, 0.1) is 5.69 Å². The zero-order chi connectivity index (χ0) is 15.4. The fourth-order valence-electron chi connectivity index (χ4n) is 1.61. The predicted molar refractivity (Wildman–Crippen MR) is 71.8 cm³/mol. The van der Waals surface area contributed by atoms with Crippen LogP contribution < -0.4 is 15.8 Å². The number of anilines is 2. The maximum Gasteiger partial charge on any atom is 0.387 e. The van der Waals surface area contributed by atoms with E-state index in [4.69, 9.17) is 5.73 Å². The molecule has 21 heavy (non-hydrogen) atoms. The zero-order valence-electron chi connectivity index (χ0n) is 10.6. The first-order valence-electron chi connectivity index (χ1n) is 5.87. The molecule has 0 unspecified atom stereocenters. The van der Waals surface area contributed by atoms with Crippen molar-refractivity contribution < 1.29 is 22.7 Å². The molecule has 3 N–H and O–H groups in total. The lowest BCUT2D eigenvalue weighted by Crippen LogP contribution is -2.12. The number of nitrogens with two attached hydrogens (primary N) is 1. The highest BCUT2D eigenvalue weighted by molar-refractivity contribution is 6.04. The maximum absolute atomic E-state index is 13.0. The highest BCUT2D eigenvalue weighted by Gasteiger charge is 2.09. The molecule has 0 heterocycles. The Morgan fingerprint density at radius 1 is 1.14 bits per heavy atom. The molecule has 0 spiro atoms. The Morgan fingerprint density at radius 2 is 1.81 bits per heavy atom. The minimum atomic E-state index is -2.92. The average molecular weight is 296 g/mol. The number of alkyl halides is 2. The van der Waals surface area contributed by atoms with Crippen molar-refractivity contribution in [2.75, 3.05) is 11.1 Å². The average Bonchev–Trinajstić information content (AvgIpc) is 2.43. The Labute approximate surface area is 118 Å². The number of carbonyl (C=O) groups is 1. The number of carbonyl (C=O) groups excluding carboxylic acids is 1. The van der Waals surface area contributed by atoms with Crippen LogP contribution in [0.4, 0.5) is 24.5 Å². The summed E-state index contributed by atoms with van der Waals surface area (Å²) in [6.45, 7) is -2.92. The normalized spacial score (nSPS) is 10.5. The van der Waals surface area contributed by atoms with Crippen molar-refractivity contribution in [2.45, 2.75) is 6.61 Å². The molecule has 0 aromatic heterocycles. The quantitative estimate of drug-likeness (QED) is 0.851. The highest BCUT2D eigenvalue weighted by atomic mass is 19.3.